The van der Waals surface area contributed by atoms with Crippen LogP contribution in [-0.4, -0.2) is 18.7 Å². The highest BCUT2D eigenvalue weighted by atomic mass is 16.5. The molecule has 5 nitrogen and oxygen atoms in total. The maximum atomic E-state index is 12.2. The number of carbonyl (C=O) groups excluding carboxylic acids is 1. The van der Waals surface area contributed by atoms with Gasteiger partial charge >= 0.3 is 0 Å². The molecule has 0 spiro atoms. The van der Waals surface area contributed by atoms with E-state index in [1.807, 2.05) is 54.6 Å². The molecular weight excluding hydrogens is 364 g/mol. The van der Waals surface area contributed by atoms with E-state index < -0.39 is 0 Å². The van der Waals surface area contributed by atoms with Gasteiger partial charge in [0.05, 0.1) is 6.21 Å². The number of nitrogens with one attached hydrogen (secondary N) is 1. The van der Waals surface area contributed by atoms with Crippen molar-refractivity contribution < 1.29 is 14.3 Å². The normalized spacial score (nSPS) is 10.5. The molecule has 0 radical (unpaired) electrons. The molecule has 3 aromatic rings. The molecule has 1 N–H and O–H groups in total. The van der Waals surface area contributed by atoms with Crippen molar-refractivity contribution in [2.24, 2.45) is 5.10 Å². The molecule has 1 amide bonds. The van der Waals surface area contributed by atoms with Gasteiger partial charge in [-0.25, -0.2) is 5.43 Å². The number of hydrogen-bond acceptors (Lipinski definition) is 4. The molecule has 0 saturated carbocycles. The summed E-state index contributed by atoms with van der Waals surface area (Å²) in [5.74, 6) is 1.06. The van der Waals surface area contributed by atoms with Crippen LogP contribution in [0.2, 0.25) is 0 Å². The first kappa shape index (κ1) is 19.9. The fourth-order valence-corrected chi connectivity index (χ4v) is 2.54. The van der Waals surface area contributed by atoms with Crippen LogP contribution in [0.4, 0.5) is 0 Å². The van der Waals surface area contributed by atoms with Crippen LogP contribution in [0.15, 0.2) is 96.6 Å². The van der Waals surface area contributed by atoms with Crippen LogP contribution in [0, 0.1) is 0 Å². The highest BCUT2D eigenvalue weighted by Crippen LogP contribution is 2.17. The SMILES string of the molecule is C=CCOc1ccc(C(=O)NN=Cc2ccccc2OCc2ccccc2)cc1. The molecule has 0 aliphatic heterocycles. The van der Waals surface area contributed by atoms with Crippen LogP contribution in [0.3, 0.4) is 0 Å². The van der Waals surface area contributed by atoms with E-state index in [9.17, 15) is 4.79 Å². The van der Waals surface area contributed by atoms with Crippen molar-refractivity contribution in [3.63, 3.8) is 0 Å². The average molecular weight is 386 g/mol. The quantitative estimate of drug-likeness (QED) is 0.332. The molecule has 3 rings (SSSR count). The molecule has 0 aromatic heterocycles. The van der Waals surface area contributed by atoms with Gasteiger partial charge < -0.3 is 9.47 Å². The highest BCUT2D eigenvalue weighted by molar-refractivity contribution is 5.95. The molecule has 0 unspecified atom stereocenters. The zero-order valence-corrected chi connectivity index (χ0v) is 16.0. The van der Waals surface area contributed by atoms with E-state index in [4.69, 9.17) is 9.47 Å². The van der Waals surface area contributed by atoms with Crippen LogP contribution in [0.1, 0.15) is 21.5 Å². The second-order valence-corrected chi connectivity index (χ2v) is 6.14. The van der Waals surface area contributed by atoms with Crippen molar-refractivity contribution in [3.05, 3.63) is 108 Å². The van der Waals surface area contributed by atoms with Gasteiger partial charge in [0, 0.05) is 11.1 Å². The standard InChI is InChI=1S/C24H22N2O3/c1-2-16-28-22-14-12-20(13-15-22)24(27)26-25-17-21-10-6-7-11-23(21)29-18-19-8-4-3-5-9-19/h2-15,17H,1,16,18H2,(H,26,27). The van der Waals surface area contributed by atoms with Crippen molar-refractivity contribution in [3.8, 4) is 11.5 Å². The van der Waals surface area contributed by atoms with Gasteiger partial charge in [-0.05, 0) is 42.0 Å². The van der Waals surface area contributed by atoms with Crippen molar-refractivity contribution in [2.75, 3.05) is 6.61 Å². The van der Waals surface area contributed by atoms with Crippen molar-refractivity contribution in [2.45, 2.75) is 6.61 Å². The van der Waals surface area contributed by atoms with Crippen LogP contribution >= 0.6 is 0 Å². The molecule has 29 heavy (non-hydrogen) atoms. The van der Waals surface area contributed by atoms with E-state index in [1.165, 1.54) is 0 Å². The zero-order chi connectivity index (χ0) is 20.3. The topological polar surface area (TPSA) is 59.9 Å². The number of nitrogens with zero attached hydrogens (tertiary/aromatic N) is 1. The Morgan fingerprint density at radius 1 is 0.931 bits per heavy atom. The lowest BCUT2D eigenvalue weighted by Crippen LogP contribution is -2.17. The molecular formula is C24H22N2O3. The number of benzene rings is 3. The van der Waals surface area contributed by atoms with Gasteiger partial charge in [0.2, 0.25) is 0 Å². The lowest BCUT2D eigenvalue weighted by Gasteiger charge is -2.09. The summed E-state index contributed by atoms with van der Waals surface area (Å²) >= 11 is 0. The number of para-hydroxylation sites is 1. The molecule has 5 heteroatoms. The van der Waals surface area contributed by atoms with Crippen LogP contribution in [-0.2, 0) is 6.61 Å². The predicted molar refractivity (Wildman–Crippen MR) is 114 cm³/mol. The second-order valence-electron chi connectivity index (χ2n) is 6.14. The van der Waals surface area contributed by atoms with Gasteiger partial charge in [0.15, 0.2) is 0 Å². The lowest BCUT2D eigenvalue weighted by molar-refractivity contribution is 0.0955. The zero-order valence-electron chi connectivity index (χ0n) is 16.0. The molecule has 0 bridgehead atoms. The van der Waals surface area contributed by atoms with E-state index in [-0.39, 0.29) is 5.91 Å². The molecule has 3 aromatic carbocycles. The van der Waals surface area contributed by atoms with Crippen molar-refractivity contribution in [1.82, 2.24) is 5.43 Å². The summed E-state index contributed by atoms with van der Waals surface area (Å²) in [6.07, 6.45) is 3.23. The Labute approximate surface area is 170 Å². The third-order valence-electron chi connectivity index (χ3n) is 4.01. The first-order valence-electron chi connectivity index (χ1n) is 9.19. The van der Waals surface area contributed by atoms with Gasteiger partial charge in [0.25, 0.3) is 5.91 Å². The fourth-order valence-electron chi connectivity index (χ4n) is 2.54. The smallest absolute Gasteiger partial charge is 0.271 e. The second kappa shape index (κ2) is 10.5. The van der Waals surface area contributed by atoms with E-state index >= 15 is 0 Å². The van der Waals surface area contributed by atoms with Gasteiger partial charge in [0.1, 0.15) is 24.7 Å². The Hall–Kier alpha value is -3.86. The Balaban J connectivity index is 1.58. The number of hydrazone groups is 1. The van der Waals surface area contributed by atoms with Crippen LogP contribution < -0.4 is 14.9 Å². The Bertz CT molecular complexity index is 967. The van der Waals surface area contributed by atoms with E-state index in [2.05, 4.69) is 17.1 Å². The highest BCUT2D eigenvalue weighted by Gasteiger charge is 2.05. The van der Waals surface area contributed by atoms with Crippen LogP contribution in [0.25, 0.3) is 0 Å². The third kappa shape index (κ3) is 6.07. The lowest BCUT2D eigenvalue weighted by atomic mass is 10.2. The maximum absolute atomic E-state index is 12.2. The number of amides is 1. The predicted octanol–water partition coefficient (Wildman–Crippen LogP) is 4.59. The minimum absolute atomic E-state index is 0.306. The summed E-state index contributed by atoms with van der Waals surface area (Å²) in [4.78, 5) is 12.2. The summed E-state index contributed by atoms with van der Waals surface area (Å²) in [6.45, 7) is 4.47. The third-order valence-corrected chi connectivity index (χ3v) is 4.01. The Morgan fingerprint density at radius 2 is 1.66 bits per heavy atom. The molecule has 0 fully saturated rings. The molecule has 0 saturated heterocycles. The summed E-state index contributed by atoms with van der Waals surface area (Å²) in [6, 6.07) is 24.3. The first-order chi connectivity index (χ1) is 14.3. The summed E-state index contributed by atoms with van der Waals surface area (Å²) in [5, 5.41) is 4.06. The largest absolute Gasteiger partial charge is 0.490 e. The number of rotatable bonds is 9. The fraction of sp³-hybridized carbons (Fsp3) is 0.0833. The van der Waals surface area contributed by atoms with Gasteiger partial charge in [-0.2, -0.15) is 5.10 Å². The summed E-state index contributed by atoms with van der Waals surface area (Å²) in [5.41, 5.74) is 4.87. The number of ether oxygens (including phenoxy) is 2. The molecule has 0 aliphatic rings. The monoisotopic (exact) mass is 386 g/mol. The number of hydrogen-bond donors (Lipinski definition) is 1. The number of carbonyl (C=O) groups is 1. The first-order valence-corrected chi connectivity index (χ1v) is 9.19. The van der Waals surface area contributed by atoms with Gasteiger partial charge in [-0.1, -0.05) is 55.1 Å². The maximum Gasteiger partial charge on any atom is 0.271 e. The van der Waals surface area contributed by atoms with E-state index in [0.717, 1.165) is 11.1 Å². The minimum atomic E-state index is -0.306. The van der Waals surface area contributed by atoms with Crippen molar-refractivity contribution in [1.29, 1.82) is 0 Å². The van der Waals surface area contributed by atoms with Crippen LogP contribution in [0.5, 0.6) is 11.5 Å². The summed E-state index contributed by atoms with van der Waals surface area (Å²) < 4.78 is 11.3. The van der Waals surface area contributed by atoms with Gasteiger partial charge in [-0.15, -0.1) is 0 Å². The Morgan fingerprint density at radius 3 is 2.41 bits per heavy atom. The minimum Gasteiger partial charge on any atom is -0.490 e. The average Bonchev–Trinajstić information content (AvgIpc) is 2.78. The Kier molecular flexibility index (Phi) is 7.18. The molecule has 0 atom stereocenters. The van der Waals surface area contributed by atoms with E-state index in [1.54, 1.807) is 36.6 Å². The van der Waals surface area contributed by atoms with Crippen molar-refractivity contribution >= 4 is 12.1 Å². The molecule has 146 valence electrons. The molecule has 0 heterocycles. The van der Waals surface area contributed by atoms with E-state index in [0.29, 0.717) is 30.3 Å². The van der Waals surface area contributed by atoms with Gasteiger partial charge in [-0.3, -0.25) is 4.79 Å². The summed E-state index contributed by atoms with van der Waals surface area (Å²) in [7, 11) is 0. The molecule has 0 aliphatic carbocycles.